The van der Waals surface area contributed by atoms with E-state index in [2.05, 4.69) is 17.2 Å². The van der Waals surface area contributed by atoms with E-state index >= 15 is 0 Å². The van der Waals surface area contributed by atoms with Gasteiger partial charge in [-0.3, -0.25) is 0 Å². The zero-order valence-electron chi connectivity index (χ0n) is 10.0. The molecule has 3 rings (SSSR count). The summed E-state index contributed by atoms with van der Waals surface area (Å²) < 4.78 is 13.4. The van der Waals surface area contributed by atoms with E-state index in [-0.39, 0.29) is 5.82 Å². The number of aromatic amines is 1. The van der Waals surface area contributed by atoms with Crippen LogP contribution in [0.4, 0.5) is 4.39 Å². The van der Waals surface area contributed by atoms with Crippen molar-refractivity contribution in [2.75, 3.05) is 6.54 Å². The minimum atomic E-state index is -0.153. The second-order valence-electron chi connectivity index (χ2n) is 4.71. The third-order valence-electron chi connectivity index (χ3n) is 3.60. The molecule has 0 amide bonds. The number of hydrogen-bond donors (Lipinski definition) is 2. The van der Waals surface area contributed by atoms with Crippen LogP contribution in [-0.2, 0) is 6.42 Å². The van der Waals surface area contributed by atoms with E-state index in [9.17, 15) is 4.39 Å². The summed E-state index contributed by atoms with van der Waals surface area (Å²) in [7, 11) is 0. The lowest BCUT2D eigenvalue weighted by Gasteiger charge is -2.23. The molecule has 0 saturated heterocycles. The summed E-state index contributed by atoms with van der Waals surface area (Å²) in [5, 5.41) is 4.54. The van der Waals surface area contributed by atoms with Crippen molar-refractivity contribution in [2.24, 2.45) is 0 Å². The fourth-order valence-corrected chi connectivity index (χ4v) is 2.91. The SMILES string of the molecule is CCNC1CCCc2[nH]c3ccc(F)cc3c21. The molecule has 1 aromatic heterocycles. The van der Waals surface area contributed by atoms with E-state index in [4.69, 9.17) is 0 Å². The highest BCUT2D eigenvalue weighted by atomic mass is 19.1. The van der Waals surface area contributed by atoms with Crippen LogP contribution in [0.25, 0.3) is 10.9 Å². The quantitative estimate of drug-likeness (QED) is 0.817. The number of halogens is 1. The van der Waals surface area contributed by atoms with Crippen molar-refractivity contribution in [1.29, 1.82) is 0 Å². The van der Waals surface area contributed by atoms with Crippen LogP contribution in [0.2, 0.25) is 0 Å². The van der Waals surface area contributed by atoms with Crippen LogP contribution < -0.4 is 5.32 Å². The molecule has 0 radical (unpaired) electrons. The first-order valence-electron chi connectivity index (χ1n) is 6.33. The normalized spacial score (nSPS) is 19.5. The van der Waals surface area contributed by atoms with Gasteiger partial charge in [-0.1, -0.05) is 6.92 Å². The lowest BCUT2D eigenvalue weighted by Crippen LogP contribution is -2.24. The Labute approximate surface area is 100 Å². The van der Waals surface area contributed by atoms with Gasteiger partial charge in [0.2, 0.25) is 0 Å². The number of rotatable bonds is 2. The monoisotopic (exact) mass is 232 g/mol. The van der Waals surface area contributed by atoms with Gasteiger partial charge in [0.1, 0.15) is 5.82 Å². The average molecular weight is 232 g/mol. The van der Waals surface area contributed by atoms with Crippen LogP contribution in [-0.4, -0.2) is 11.5 Å². The number of hydrogen-bond acceptors (Lipinski definition) is 1. The zero-order valence-corrected chi connectivity index (χ0v) is 10.0. The number of nitrogens with one attached hydrogen (secondary N) is 2. The molecule has 1 aromatic carbocycles. The molecule has 90 valence electrons. The maximum atomic E-state index is 13.4. The van der Waals surface area contributed by atoms with E-state index in [1.807, 2.05) is 6.07 Å². The van der Waals surface area contributed by atoms with Crippen LogP contribution >= 0.6 is 0 Å². The lowest BCUT2D eigenvalue weighted by atomic mass is 9.91. The van der Waals surface area contributed by atoms with Crippen molar-refractivity contribution in [2.45, 2.75) is 32.2 Å². The fraction of sp³-hybridized carbons (Fsp3) is 0.429. The average Bonchev–Trinajstić information content (AvgIpc) is 2.68. The predicted molar refractivity (Wildman–Crippen MR) is 67.6 cm³/mol. The van der Waals surface area contributed by atoms with Crippen LogP contribution in [0.3, 0.4) is 0 Å². The Bertz CT molecular complexity index is 544. The Kier molecular flexibility index (Phi) is 2.63. The van der Waals surface area contributed by atoms with Crippen molar-refractivity contribution in [3.8, 4) is 0 Å². The Morgan fingerprint density at radius 2 is 2.35 bits per heavy atom. The first kappa shape index (κ1) is 10.8. The van der Waals surface area contributed by atoms with Gasteiger partial charge in [0, 0.05) is 22.6 Å². The number of H-pyrrole nitrogens is 1. The third-order valence-corrected chi connectivity index (χ3v) is 3.60. The summed E-state index contributed by atoms with van der Waals surface area (Å²) in [6.45, 7) is 3.07. The molecule has 17 heavy (non-hydrogen) atoms. The first-order valence-corrected chi connectivity index (χ1v) is 6.33. The fourth-order valence-electron chi connectivity index (χ4n) is 2.91. The summed E-state index contributed by atoms with van der Waals surface area (Å²) in [6, 6.07) is 5.39. The first-order chi connectivity index (χ1) is 8.29. The van der Waals surface area contributed by atoms with E-state index in [1.165, 1.54) is 23.7 Å². The Hall–Kier alpha value is -1.35. The largest absolute Gasteiger partial charge is 0.358 e. The molecule has 0 saturated carbocycles. The molecule has 1 atom stereocenters. The summed E-state index contributed by atoms with van der Waals surface area (Å²) in [5.74, 6) is -0.153. The van der Waals surface area contributed by atoms with Gasteiger partial charge in [-0.15, -0.1) is 0 Å². The van der Waals surface area contributed by atoms with Gasteiger partial charge in [0.15, 0.2) is 0 Å². The molecule has 3 heteroatoms. The van der Waals surface area contributed by atoms with Gasteiger partial charge >= 0.3 is 0 Å². The molecule has 0 spiro atoms. The standard InChI is InChI=1S/C14H17FN2/c1-2-16-12-4-3-5-13-14(12)10-8-9(15)6-7-11(10)17-13/h6-8,12,16-17H,2-5H2,1H3. The van der Waals surface area contributed by atoms with E-state index in [0.717, 1.165) is 30.3 Å². The lowest BCUT2D eigenvalue weighted by molar-refractivity contribution is 0.472. The summed E-state index contributed by atoms with van der Waals surface area (Å²) >= 11 is 0. The Balaban J connectivity index is 2.18. The van der Waals surface area contributed by atoms with Gasteiger partial charge in [0.05, 0.1) is 0 Å². The summed E-state index contributed by atoms with van der Waals surface area (Å²) in [5.41, 5.74) is 3.62. The van der Waals surface area contributed by atoms with E-state index in [1.54, 1.807) is 6.07 Å². The smallest absolute Gasteiger partial charge is 0.123 e. The molecule has 1 aliphatic rings. The topological polar surface area (TPSA) is 27.8 Å². The van der Waals surface area contributed by atoms with Gasteiger partial charge in [-0.05, 0) is 49.6 Å². The van der Waals surface area contributed by atoms with Crippen molar-refractivity contribution >= 4 is 10.9 Å². The molecule has 0 fully saturated rings. The molecule has 1 aliphatic carbocycles. The van der Waals surface area contributed by atoms with Crippen LogP contribution in [0.5, 0.6) is 0 Å². The highest BCUT2D eigenvalue weighted by Crippen LogP contribution is 2.35. The highest BCUT2D eigenvalue weighted by molar-refractivity contribution is 5.85. The number of aromatic nitrogens is 1. The molecular formula is C14H17FN2. The van der Waals surface area contributed by atoms with E-state index < -0.39 is 0 Å². The minimum Gasteiger partial charge on any atom is -0.358 e. The molecule has 2 aromatic rings. The highest BCUT2D eigenvalue weighted by Gasteiger charge is 2.23. The third kappa shape index (κ3) is 1.75. The van der Waals surface area contributed by atoms with Gasteiger partial charge in [0.25, 0.3) is 0 Å². The Morgan fingerprint density at radius 3 is 3.18 bits per heavy atom. The minimum absolute atomic E-state index is 0.153. The second-order valence-corrected chi connectivity index (χ2v) is 4.71. The van der Waals surface area contributed by atoms with Crippen molar-refractivity contribution in [3.63, 3.8) is 0 Å². The van der Waals surface area contributed by atoms with Gasteiger partial charge < -0.3 is 10.3 Å². The van der Waals surface area contributed by atoms with Crippen molar-refractivity contribution in [3.05, 3.63) is 35.3 Å². The maximum absolute atomic E-state index is 13.4. The van der Waals surface area contributed by atoms with Gasteiger partial charge in [-0.2, -0.15) is 0 Å². The molecule has 0 aliphatic heterocycles. The van der Waals surface area contributed by atoms with Crippen molar-refractivity contribution < 1.29 is 4.39 Å². The molecule has 2 nitrogen and oxygen atoms in total. The molecular weight excluding hydrogens is 215 g/mol. The molecule has 1 unspecified atom stereocenters. The van der Waals surface area contributed by atoms with E-state index in [0.29, 0.717) is 6.04 Å². The van der Waals surface area contributed by atoms with Crippen LogP contribution in [0, 0.1) is 5.82 Å². The van der Waals surface area contributed by atoms with Crippen LogP contribution in [0.1, 0.15) is 37.1 Å². The number of benzene rings is 1. The summed E-state index contributed by atoms with van der Waals surface area (Å²) in [4.78, 5) is 3.42. The zero-order chi connectivity index (χ0) is 11.8. The molecule has 2 N–H and O–H groups in total. The summed E-state index contributed by atoms with van der Waals surface area (Å²) in [6.07, 6.45) is 3.41. The van der Waals surface area contributed by atoms with Crippen LogP contribution in [0.15, 0.2) is 18.2 Å². The Morgan fingerprint density at radius 1 is 1.47 bits per heavy atom. The number of fused-ring (bicyclic) bond motifs is 3. The maximum Gasteiger partial charge on any atom is 0.123 e. The van der Waals surface area contributed by atoms with Gasteiger partial charge in [-0.25, -0.2) is 4.39 Å². The molecule has 0 bridgehead atoms. The number of aryl methyl sites for hydroxylation is 1. The second kappa shape index (κ2) is 4.15. The predicted octanol–water partition coefficient (Wildman–Crippen LogP) is 3.29. The molecule has 1 heterocycles. The van der Waals surface area contributed by atoms with Crippen molar-refractivity contribution in [1.82, 2.24) is 10.3 Å².